The summed E-state index contributed by atoms with van der Waals surface area (Å²) in [7, 11) is 0. The summed E-state index contributed by atoms with van der Waals surface area (Å²) in [5, 5.41) is 3.52. The van der Waals surface area contributed by atoms with Gasteiger partial charge in [0, 0.05) is 6.54 Å². The maximum Gasteiger partial charge on any atom is 0.0205 e. The van der Waals surface area contributed by atoms with Gasteiger partial charge in [-0.05, 0) is 50.1 Å². The quantitative estimate of drug-likeness (QED) is 0.694. The third kappa shape index (κ3) is 8.80. The molecular weight excluding hydrogens is 291 g/mol. The second-order valence-corrected chi connectivity index (χ2v) is 4.73. The highest BCUT2D eigenvalue weighted by atomic mass is 35.5. The molecule has 0 saturated carbocycles. The van der Waals surface area contributed by atoms with Crippen LogP contribution in [-0.2, 0) is 13.0 Å². The third-order valence-electron chi connectivity index (χ3n) is 3.48. The highest BCUT2D eigenvalue weighted by molar-refractivity contribution is 5.85. The molecule has 0 bridgehead atoms. The van der Waals surface area contributed by atoms with Gasteiger partial charge in [0.15, 0.2) is 0 Å². The van der Waals surface area contributed by atoms with Gasteiger partial charge in [-0.15, -0.1) is 24.8 Å². The number of halogens is 2. The largest absolute Gasteiger partial charge is 0.313 e. The molecule has 0 unspecified atom stereocenters. The molecule has 0 aromatic heterocycles. The molecule has 0 spiro atoms. The van der Waals surface area contributed by atoms with Crippen LogP contribution >= 0.6 is 24.8 Å². The molecule has 2 nitrogen and oxygen atoms in total. The zero-order valence-electron chi connectivity index (χ0n) is 13.0. The van der Waals surface area contributed by atoms with E-state index in [0.29, 0.717) is 0 Å². The Bertz CT molecular complexity index is 311. The van der Waals surface area contributed by atoms with Gasteiger partial charge in [0.25, 0.3) is 0 Å². The minimum Gasteiger partial charge on any atom is -0.313 e. The highest BCUT2D eigenvalue weighted by Crippen LogP contribution is 2.04. The summed E-state index contributed by atoms with van der Waals surface area (Å²) in [6.45, 7) is 12.3. The molecule has 0 aliphatic rings. The maximum absolute atomic E-state index is 3.52. The Morgan fingerprint density at radius 1 is 0.900 bits per heavy atom. The minimum atomic E-state index is 0. The summed E-state index contributed by atoms with van der Waals surface area (Å²) in [4.78, 5) is 2.47. The van der Waals surface area contributed by atoms with Crippen molar-refractivity contribution < 1.29 is 0 Å². The summed E-state index contributed by atoms with van der Waals surface area (Å²) in [6.07, 6.45) is 2.35. The summed E-state index contributed by atoms with van der Waals surface area (Å²) in [6, 6.07) is 8.92. The van der Waals surface area contributed by atoms with Crippen LogP contribution in [-0.4, -0.2) is 31.1 Å². The first-order chi connectivity index (χ1) is 8.80. The van der Waals surface area contributed by atoms with Gasteiger partial charge < -0.3 is 10.2 Å². The van der Waals surface area contributed by atoms with E-state index in [9.17, 15) is 0 Å². The van der Waals surface area contributed by atoms with Gasteiger partial charge >= 0.3 is 0 Å². The first-order valence-corrected chi connectivity index (χ1v) is 7.31. The van der Waals surface area contributed by atoms with Gasteiger partial charge in [-0.25, -0.2) is 0 Å². The molecule has 0 aliphatic heterocycles. The Balaban J connectivity index is 0. The summed E-state index contributed by atoms with van der Waals surface area (Å²) in [5.74, 6) is 0. The lowest BCUT2D eigenvalue weighted by Crippen LogP contribution is -2.27. The van der Waals surface area contributed by atoms with E-state index in [1.807, 2.05) is 0 Å². The molecule has 1 aromatic carbocycles. The topological polar surface area (TPSA) is 15.3 Å². The molecular formula is C16H30Cl2N2. The van der Waals surface area contributed by atoms with Crippen molar-refractivity contribution in [1.29, 1.82) is 0 Å². The fraction of sp³-hybridized carbons (Fsp3) is 0.625. The molecule has 1 rings (SSSR count). The third-order valence-corrected chi connectivity index (χ3v) is 3.48. The number of benzene rings is 1. The zero-order chi connectivity index (χ0) is 13.2. The van der Waals surface area contributed by atoms with Gasteiger partial charge in [-0.2, -0.15) is 0 Å². The lowest BCUT2D eigenvalue weighted by molar-refractivity contribution is 0.298. The van der Waals surface area contributed by atoms with Crippen LogP contribution in [0.1, 0.15) is 38.3 Å². The van der Waals surface area contributed by atoms with Crippen molar-refractivity contribution in [3.63, 3.8) is 0 Å². The van der Waals surface area contributed by atoms with E-state index < -0.39 is 0 Å². The molecule has 1 aromatic rings. The van der Waals surface area contributed by atoms with Crippen LogP contribution in [0.2, 0.25) is 0 Å². The Morgan fingerprint density at radius 2 is 1.45 bits per heavy atom. The average Bonchev–Trinajstić information content (AvgIpc) is 2.43. The molecule has 0 saturated heterocycles. The van der Waals surface area contributed by atoms with Crippen LogP contribution in [0.3, 0.4) is 0 Å². The normalized spacial score (nSPS) is 10.0. The van der Waals surface area contributed by atoms with Crippen LogP contribution in [0.25, 0.3) is 0 Å². The molecule has 0 amide bonds. The van der Waals surface area contributed by atoms with Gasteiger partial charge in [0.1, 0.15) is 0 Å². The molecule has 0 radical (unpaired) electrons. The Hall–Kier alpha value is -0.280. The number of hydrogen-bond acceptors (Lipinski definition) is 2. The predicted molar refractivity (Wildman–Crippen MR) is 94.4 cm³/mol. The molecule has 0 aliphatic carbocycles. The van der Waals surface area contributed by atoms with E-state index in [0.717, 1.165) is 32.6 Å². The fourth-order valence-corrected chi connectivity index (χ4v) is 2.09. The smallest absolute Gasteiger partial charge is 0.0205 e. The van der Waals surface area contributed by atoms with Crippen molar-refractivity contribution in [3.8, 4) is 0 Å². The highest BCUT2D eigenvalue weighted by Gasteiger charge is 1.98. The van der Waals surface area contributed by atoms with Gasteiger partial charge in [-0.3, -0.25) is 0 Å². The predicted octanol–water partition coefficient (Wildman–Crippen LogP) is 3.91. The van der Waals surface area contributed by atoms with Crippen LogP contribution in [0, 0.1) is 0 Å². The lowest BCUT2D eigenvalue weighted by atomic mass is 10.1. The van der Waals surface area contributed by atoms with Crippen LogP contribution < -0.4 is 5.32 Å². The maximum atomic E-state index is 3.52. The van der Waals surface area contributed by atoms with Gasteiger partial charge in [0.2, 0.25) is 0 Å². The minimum absolute atomic E-state index is 0. The number of hydrogen-bond donors (Lipinski definition) is 1. The fourth-order valence-electron chi connectivity index (χ4n) is 2.09. The van der Waals surface area contributed by atoms with Crippen LogP contribution in [0.5, 0.6) is 0 Å². The number of nitrogens with one attached hydrogen (secondary N) is 1. The second-order valence-electron chi connectivity index (χ2n) is 4.73. The van der Waals surface area contributed by atoms with Crippen LogP contribution in [0.4, 0.5) is 0 Å². The van der Waals surface area contributed by atoms with E-state index in [2.05, 4.69) is 55.3 Å². The average molecular weight is 321 g/mol. The Kier molecular flexibility index (Phi) is 15.1. The SMILES string of the molecule is CCc1ccc(CNCCCN(CC)CC)cc1.Cl.Cl. The van der Waals surface area contributed by atoms with E-state index in [4.69, 9.17) is 0 Å². The van der Waals surface area contributed by atoms with Crippen LogP contribution in [0.15, 0.2) is 24.3 Å². The monoisotopic (exact) mass is 320 g/mol. The first-order valence-electron chi connectivity index (χ1n) is 7.31. The second kappa shape index (κ2) is 13.7. The molecule has 1 N–H and O–H groups in total. The van der Waals surface area contributed by atoms with Crippen molar-refractivity contribution in [2.24, 2.45) is 0 Å². The van der Waals surface area contributed by atoms with Crippen molar-refractivity contribution >= 4 is 24.8 Å². The number of aryl methyl sites for hydroxylation is 1. The van der Waals surface area contributed by atoms with E-state index in [1.165, 1.54) is 24.1 Å². The molecule has 118 valence electrons. The molecule has 0 fully saturated rings. The van der Waals surface area contributed by atoms with Crippen molar-refractivity contribution in [2.75, 3.05) is 26.2 Å². The van der Waals surface area contributed by atoms with E-state index in [1.54, 1.807) is 0 Å². The summed E-state index contributed by atoms with van der Waals surface area (Å²) < 4.78 is 0. The summed E-state index contributed by atoms with van der Waals surface area (Å²) >= 11 is 0. The zero-order valence-corrected chi connectivity index (χ0v) is 14.7. The number of nitrogens with zero attached hydrogens (tertiary/aromatic N) is 1. The molecule has 20 heavy (non-hydrogen) atoms. The van der Waals surface area contributed by atoms with E-state index >= 15 is 0 Å². The summed E-state index contributed by atoms with van der Waals surface area (Å²) in [5.41, 5.74) is 2.80. The Morgan fingerprint density at radius 3 is 1.95 bits per heavy atom. The van der Waals surface area contributed by atoms with Crippen molar-refractivity contribution in [2.45, 2.75) is 40.2 Å². The molecule has 4 heteroatoms. The van der Waals surface area contributed by atoms with Crippen molar-refractivity contribution in [3.05, 3.63) is 35.4 Å². The van der Waals surface area contributed by atoms with Gasteiger partial charge in [0.05, 0.1) is 0 Å². The van der Waals surface area contributed by atoms with Gasteiger partial charge in [-0.1, -0.05) is 45.0 Å². The standard InChI is InChI=1S/C16H28N2.2ClH/c1-4-15-8-10-16(11-9-15)14-17-12-7-13-18(5-2)6-3;;/h8-11,17H,4-7,12-14H2,1-3H3;2*1H. The molecule has 0 atom stereocenters. The molecule has 0 heterocycles. The first kappa shape index (κ1) is 22.0. The van der Waals surface area contributed by atoms with E-state index in [-0.39, 0.29) is 24.8 Å². The van der Waals surface area contributed by atoms with Crippen molar-refractivity contribution in [1.82, 2.24) is 10.2 Å². The Labute approximate surface area is 137 Å². The number of rotatable bonds is 9. The lowest BCUT2D eigenvalue weighted by Gasteiger charge is -2.17.